The van der Waals surface area contributed by atoms with Gasteiger partial charge >= 0.3 is 0 Å². The minimum atomic E-state index is -0.0973. The number of nitrogens with zero attached hydrogens (tertiary/aromatic N) is 3. The third kappa shape index (κ3) is 5.35. The summed E-state index contributed by atoms with van der Waals surface area (Å²) in [5.74, 6) is 0.626. The fourth-order valence-corrected chi connectivity index (χ4v) is 3.91. The van der Waals surface area contributed by atoms with Gasteiger partial charge in [-0.25, -0.2) is 0 Å². The molecule has 0 N–H and O–H groups in total. The maximum atomic E-state index is 12.5. The van der Waals surface area contributed by atoms with Gasteiger partial charge in [-0.05, 0) is 36.2 Å². The lowest BCUT2D eigenvalue weighted by molar-refractivity contribution is -0.132. The van der Waals surface area contributed by atoms with Crippen molar-refractivity contribution in [3.8, 4) is 5.75 Å². The lowest BCUT2D eigenvalue weighted by Crippen LogP contribution is -2.36. The van der Waals surface area contributed by atoms with Gasteiger partial charge in [0.05, 0.1) is 13.2 Å². The zero-order chi connectivity index (χ0) is 21.6. The fraction of sp³-hybridized carbons (Fsp3) is 0.417. The van der Waals surface area contributed by atoms with E-state index in [1.807, 2.05) is 24.3 Å². The Morgan fingerprint density at radius 2 is 1.84 bits per heavy atom. The molecule has 0 bridgehead atoms. The number of carbonyl (C=O) groups is 2. The molecule has 2 aromatic rings. The first-order chi connectivity index (χ1) is 15.1. The number of likely N-dealkylation sites (N-methyl/N-ethyl adjacent to an activating group) is 1. The van der Waals surface area contributed by atoms with Crippen LogP contribution in [0.15, 0.2) is 48.5 Å². The molecule has 0 aliphatic carbocycles. The third-order valence-corrected chi connectivity index (χ3v) is 5.72. The first kappa shape index (κ1) is 21.2. The monoisotopic (exact) mass is 423 g/mol. The van der Waals surface area contributed by atoms with Gasteiger partial charge in [0.1, 0.15) is 5.75 Å². The highest BCUT2D eigenvalue weighted by Crippen LogP contribution is 2.25. The molecule has 164 valence electrons. The molecule has 7 nitrogen and oxygen atoms in total. The van der Waals surface area contributed by atoms with Gasteiger partial charge in [-0.3, -0.25) is 9.59 Å². The maximum Gasteiger partial charge on any atom is 0.260 e. The Hall–Kier alpha value is -3.06. The van der Waals surface area contributed by atoms with Crippen molar-refractivity contribution in [1.82, 2.24) is 4.90 Å². The molecule has 2 amide bonds. The molecule has 2 heterocycles. The summed E-state index contributed by atoms with van der Waals surface area (Å²) >= 11 is 0. The number of carbonyl (C=O) groups excluding carboxylic acids is 2. The van der Waals surface area contributed by atoms with Gasteiger partial charge in [-0.1, -0.05) is 18.2 Å². The molecule has 0 aromatic heterocycles. The van der Waals surface area contributed by atoms with E-state index in [2.05, 4.69) is 29.2 Å². The van der Waals surface area contributed by atoms with E-state index in [4.69, 9.17) is 9.47 Å². The highest BCUT2D eigenvalue weighted by molar-refractivity contribution is 5.95. The summed E-state index contributed by atoms with van der Waals surface area (Å²) < 4.78 is 11.1. The number of morpholine rings is 1. The minimum Gasteiger partial charge on any atom is -0.484 e. The summed E-state index contributed by atoms with van der Waals surface area (Å²) in [5.41, 5.74) is 3.07. The summed E-state index contributed by atoms with van der Waals surface area (Å²) in [4.78, 5) is 30.2. The summed E-state index contributed by atoms with van der Waals surface area (Å²) in [6.45, 7) is 4.54. The van der Waals surface area contributed by atoms with Gasteiger partial charge in [0.2, 0.25) is 5.91 Å². The van der Waals surface area contributed by atoms with Gasteiger partial charge < -0.3 is 24.2 Å². The molecular weight excluding hydrogens is 394 g/mol. The zero-order valence-corrected chi connectivity index (χ0v) is 18.0. The van der Waals surface area contributed by atoms with Crippen molar-refractivity contribution in [1.29, 1.82) is 0 Å². The first-order valence-corrected chi connectivity index (χ1v) is 10.8. The number of hydrogen-bond donors (Lipinski definition) is 0. The Morgan fingerprint density at radius 3 is 2.55 bits per heavy atom. The van der Waals surface area contributed by atoms with Crippen LogP contribution in [0.5, 0.6) is 5.75 Å². The summed E-state index contributed by atoms with van der Waals surface area (Å²) in [5, 5.41) is 0. The van der Waals surface area contributed by atoms with E-state index in [1.165, 1.54) is 5.69 Å². The van der Waals surface area contributed by atoms with Crippen molar-refractivity contribution < 1.29 is 19.1 Å². The molecular formula is C24H29N3O4. The van der Waals surface area contributed by atoms with Crippen LogP contribution in [0.1, 0.15) is 18.4 Å². The Labute approximate surface area is 183 Å². The lowest BCUT2D eigenvalue weighted by Gasteiger charge is -2.29. The predicted molar refractivity (Wildman–Crippen MR) is 119 cm³/mol. The highest BCUT2D eigenvalue weighted by atomic mass is 16.5. The van der Waals surface area contributed by atoms with Crippen LogP contribution in [-0.2, 0) is 20.9 Å². The smallest absolute Gasteiger partial charge is 0.260 e. The SMILES string of the molecule is CN(Cc1ccc(N2CCOCC2)cc1)C(=O)COc1cccc(N2CCCC2=O)c1. The van der Waals surface area contributed by atoms with E-state index in [9.17, 15) is 9.59 Å². The van der Waals surface area contributed by atoms with Crippen LogP contribution in [0.25, 0.3) is 0 Å². The lowest BCUT2D eigenvalue weighted by atomic mass is 10.1. The van der Waals surface area contributed by atoms with Crippen LogP contribution < -0.4 is 14.5 Å². The molecule has 2 saturated heterocycles. The van der Waals surface area contributed by atoms with Gasteiger partial charge in [0, 0.05) is 57.1 Å². The largest absolute Gasteiger partial charge is 0.484 e. The molecule has 0 radical (unpaired) electrons. The molecule has 0 unspecified atom stereocenters. The Kier molecular flexibility index (Phi) is 6.72. The molecule has 31 heavy (non-hydrogen) atoms. The minimum absolute atomic E-state index is 0.0419. The molecule has 2 fully saturated rings. The average Bonchev–Trinajstić information content (AvgIpc) is 3.24. The number of rotatable bonds is 7. The molecule has 4 rings (SSSR count). The quantitative estimate of drug-likeness (QED) is 0.685. The second-order valence-electron chi connectivity index (χ2n) is 7.95. The molecule has 2 aliphatic heterocycles. The first-order valence-electron chi connectivity index (χ1n) is 10.8. The van der Waals surface area contributed by atoms with Crippen molar-refractivity contribution in [2.75, 3.05) is 56.3 Å². The van der Waals surface area contributed by atoms with E-state index in [-0.39, 0.29) is 18.4 Å². The van der Waals surface area contributed by atoms with Crippen LogP contribution in [0.4, 0.5) is 11.4 Å². The predicted octanol–water partition coefficient (Wildman–Crippen LogP) is 2.69. The Morgan fingerprint density at radius 1 is 1.06 bits per heavy atom. The fourth-order valence-electron chi connectivity index (χ4n) is 3.91. The van der Waals surface area contributed by atoms with Crippen LogP contribution >= 0.6 is 0 Å². The van der Waals surface area contributed by atoms with Gasteiger partial charge in [-0.15, -0.1) is 0 Å². The van der Waals surface area contributed by atoms with E-state index >= 15 is 0 Å². The van der Waals surface area contributed by atoms with Crippen LogP contribution in [-0.4, -0.2) is 63.2 Å². The Balaban J connectivity index is 1.28. The number of ether oxygens (including phenoxy) is 2. The van der Waals surface area contributed by atoms with Crippen molar-refractivity contribution >= 4 is 23.2 Å². The van der Waals surface area contributed by atoms with Crippen molar-refractivity contribution in [3.63, 3.8) is 0 Å². The molecule has 7 heteroatoms. The second kappa shape index (κ2) is 9.83. The molecule has 0 atom stereocenters. The van der Waals surface area contributed by atoms with Crippen molar-refractivity contribution in [2.45, 2.75) is 19.4 Å². The number of benzene rings is 2. The third-order valence-electron chi connectivity index (χ3n) is 5.72. The molecule has 0 saturated carbocycles. The van der Waals surface area contributed by atoms with E-state index in [0.29, 0.717) is 18.7 Å². The molecule has 2 aliphatic rings. The van der Waals surface area contributed by atoms with E-state index in [1.54, 1.807) is 16.8 Å². The molecule has 0 spiro atoms. The van der Waals surface area contributed by atoms with Gasteiger partial charge in [0.25, 0.3) is 5.91 Å². The van der Waals surface area contributed by atoms with Crippen molar-refractivity contribution in [3.05, 3.63) is 54.1 Å². The zero-order valence-electron chi connectivity index (χ0n) is 18.0. The standard InChI is InChI=1S/C24H29N3O4/c1-25(17-19-7-9-20(10-8-19)26-12-14-30-15-13-26)24(29)18-31-22-5-2-4-21(16-22)27-11-3-6-23(27)28/h2,4-5,7-10,16H,3,6,11-15,17-18H2,1H3. The average molecular weight is 424 g/mol. The second-order valence-corrected chi connectivity index (χ2v) is 7.95. The number of amides is 2. The summed E-state index contributed by atoms with van der Waals surface area (Å²) in [6, 6.07) is 15.7. The van der Waals surface area contributed by atoms with Gasteiger partial charge in [-0.2, -0.15) is 0 Å². The highest BCUT2D eigenvalue weighted by Gasteiger charge is 2.22. The van der Waals surface area contributed by atoms with Crippen LogP contribution in [0.2, 0.25) is 0 Å². The number of anilines is 2. The van der Waals surface area contributed by atoms with Gasteiger partial charge in [0.15, 0.2) is 6.61 Å². The van der Waals surface area contributed by atoms with Crippen molar-refractivity contribution in [2.24, 2.45) is 0 Å². The topological polar surface area (TPSA) is 62.3 Å². The van der Waals surface area contributed by atoms with E-state index in [0.717, 1.165) is 50.5 Å². The van der Waals surface area contributed by atoms with E-state index < -0.39 is 0 Å². The van der Waals surface area contributed by atoms with Crippen LogP contribution in [0.3, 0.4) is 0 Å². The summed E-state index contributed by atoms with van der Waals surface area (Å²) in [7, 11) is 1.78. The normalized spacial score (nSPS) is 16.5. The molecule has 2 aromatic carbocycles. The van der Waals surface area contributed by atoms with Crippen LogP contribution in [0, 0.1) is 0 Å². The Bertz CT molecular complexity index is 909. The maximum absolute atomic E-state index is 12.5. The summed E-state index contributed by atoms with van der Waals surface area (Å²) in [6.07, 6.45) is 1.46. The number of hydrogen-bond acceptors (Lipinski definition) is 5.